The SMILES string of the molecule is CC1CCC2(CC1)NC(=O)N(CN(Cc1nnc(-c3ccc(Cl)cc3)o1)C(C)C)C2=O. The predicted octanol–water partition coefficient (Wildman–Crippen LogP) is 4.06. The highest BCUT2D eigenvalue weighted by Crippen LogP contribution is 2.36. The number of carbonyl (C=O) groups excluding carboxylic acids is 2. The molecule has 2 aromatic rings. The lowest BCUT2D eigenvalue weighted by molar-refractivity contribution is -0.134. The molecule has 2 aliphatic rings. The largest absolute Gasteiger partial charge is 0.419 e. The van der Waals surface area contributed by atoms with Gasteiger partial charge in [0.2, 0.25) is 11.8 Å². The molecule has 2 fully saturated rings. The van der Waals surface area contributed by atoms with E-state index in [0.717, 1.165) is 18.4 Å². The minimum Gasteiger partial charge on any atom is -0.419 e. The lowest BCUT2D eigenvalue weighted by Crippen LogP contribution is -2.50. The van der Waals surface area contributed by atoms with Gasteiger partial charge in [0.15, 0.2) is 0 Å². The van der Waals surface area contributed by atoms with Crippen LogP contribution in [-0.2, 0) is 11.3 Å². The zero-order chi connectivity index (χ0) is 22.2. The number of halogens is 1. The molecule has 0 radical (unpaired) electrons. The fourth-order valence-electron chi connectivity index (χ4n) is 4.18. The first kappa shape index (κ1) is 21.8. The number of nitrogens with zero attached hydrogens (tertiary/aromatic N) is 4. The van der Waals surface area contributed by atoms with Gasteiger partial charge in [-0.2, -0.15) is 0 Å². The molecule has 2 heterocycles. The molecule has 1 saturated heterocycles. The van der Waals surface area contributed by atoms with Crippen LogP contribution in [-0.4, -0.2) is 50.2 Å². The van der Waals surface area contributed by atoms with E-state index in [0.29, 0.717) is 42.1 Å². The summed E-state index contributed by atoms with van der Waals surface area (Å²) < 4.78 is 5.82. The van der Waals surface area contributed by atoms with E-state index in [2.05, 4.69) is 22.4 Å². The summed E-state index contributed by atoms with van der Waals surface area (Å²) in [7, 11) is 0. The Kier molecular flexibility index (Phi) is 6.03. The first-order valence-electron chi connectivity index (χ1n) is 10.7. The zero-order valence-corrected chi connectivity index (χ0v) is 18.9. The van der Waals surface area contributed by atoms with Crippen molar-refractivity contribution in [3.63, 3.8) is 0 Å². The first-order valence-corrected chi connectivity index (χ1v) is 11.1. The highest BCUT2D eigenvalue weighted by Gasteiger charge is 2.52. The summed E-state index contributed by atoms with van der Waals surface area (Å²) in [4.78, 5) is 29.2. The van der Waals surface area contributed by atoms with Gasteiger partial charge in [-0.3, -0.25) is 9.69 Å². The van der Waals surface area contributed by atoms with E-state index in [1.165, 1.54) is 4.90 Å². The summed E-state index contributed by atoms with van der Waals surface area (Å²) in [5, 5.41) is 11.9. The molecule has 8 nitrogen and oxygen atoms in total. The van der Waals surface area contributed by atoms with Gasteiger partial charge in [-0.15, -0.1) is 10.2 Å². The van der Waals surface area contributed by atoms with E-state index >= 15 is 0 Å². The van der Waals surface area contributed by atoms with Crippen molar-refractivity contribution in [1.29, 1.82) is 0 Å². The van der Waals surface area contributed by atoms with Crippen LogP contribution in [0.15, 0.2) is 28.7 Å². The van der Waals surface area contributed by atoms with Crippen molar-refractivity contribution in [3.05, 3.63) is 35.2 Å². The molecule has 0 atom stereocenters. The molecular formula is C22H28ClN5O3. The molecule has 1 N–H and O–H groups in total. The van der Waals surface area contributed by atoms with E-state index in [1.807, 2.05) is 30.9 Å². The fraction of sp³-hybridized carbons (Fsp3) is 0.545. The third-order valence-corrected chi connectivity index (χ3v) is 6.58. The Morgan fingerprint density at radius 1 is 1.23 bits per heavy atom. The molecular weight excluding hydrogens is 418 g/mol. The maximum absolute atomic E-state index is 13.2. The molecule has 3 amide bonds. The second kappa shape index (κ2) is 8.59. The topological polar surface area (TPSA) is 91.6 Å². The van der Waals surface area contributed by atoms with Crippen molar-refractivity contribution in [3.8, 4) is 11.5 Å². The Hall–Kier alpha value is -2.45. The van der Waals surface area contributed by atoms with Crippen LogP contribution in [0.1, 0.15) is 52.3 Å². The quantitative estimate of drug-likeness (QED) is 0.674. The van der Waals surface area contributed by atoms with Crippen LogP contribution < -0.4 is 5.32 Å². The van der Waals surface area contributed by atoms with Crippen LogP contribution in [0.3, 0.4) is 0 Å². The van der Waals surface area contributed by atoms with Gasteiger partial charge in [-0.25, -0.2) is 9.69 Å². The molecule has 1 saturated carbocycles. The van der Waals surface area contributed by atoms with Crippen LogP contribution in [0.25, 0.3) is 11.5 Å². The number of imide groups is 1. The molecule has 1 aromatic carbocycles. The average Bonchev–Trinajstić information content (AvgIpc) is 3.29. The maximum Gasteiger partial charge on any atom is 0.326 e. The molecule has 4 rings (SSSR count). The summed E-state index contributed by atoms with van der Waals surface area (Å²) in [5.41, 5.74) is 0.0418. The number of hydrogen-bond acceptors (Lipinski definition) is 6. The Balaban J connectivity index is 1.46. The standard InChI is InChI=1S/C22H28ClN5O3/c1-14(2)27(12-18-25-26-19(31-18)16-4-6-17(23)7-5-16)13-28-20(29)22(24-21(28)30)10-8-15(3)9-11-22/h4-7,14-15H,8-13H2,1-3H3,(H,24,30). The molecule has 31 heavy (non-hydrogen) atoms. The van der Waals surface area contributed by atoms with E-state index in [-0.39, 0.29) is 24.6 Å². The fourth-order valence-corrected chi connectivity index (χ4v) is 4.30. The molecule has 1 aromatic heterocycles. The third-order valence-electron chi connectivity index (χ3n) is 6.32. The number of nitrogens with one attached hydrogen (secondary N) is 1. The summed E-state index contributed by atoms with van der Waals surface area (Å²) in [5.74, 6) is 1.29. The van der Waals surface area contributed by atoms with Crippen LogP contribution in [0, 0.1) is 5.92 Å². The van der Waals surface area contributed by atoms with Crippen molar-refractivity contribution >= 4 is 23.5 Å². The van der Waals surface area contributed by atoms with E-state index in [9.17, 15) is 9.59 Å². The van der Waals surface area contributed by atoms with Gasteiger partial charge >= 0.3 is 6.03 Å². The molecule has 0 bridgehead atoms. The first-order chi connectivity index (χ1) is 14.8. The summed E-state index contributed by atoms with van der Waals surface area (Å²) in [6, 6.07) is 6.91. The third kappa shape index (κ3) is 4.45. The van der Waals surface area contributed by atoms with Crippen LogP contribution in [0.2, 0.25) is 5.02 Å². The number of hydrogen-bond donors (Lipinski definition) is 1. The smallest absolute Gasteiger partial charge is 0.326 e. The zero-order valence-electron chi connectivity index (χ0n) is 18.1. The number of amides is 3. The number of aromatic nitrogens is 2. The number of urea groups is 1. The van der Waals surface area contributed by atoms with Crippen molar-refractivity contribution in [1.82, 2.24) is 25.3 Å². The molecule has 9 heteroatoms. The van der Waals surface area contributed by atoms with Crippen molar-refractivity contribution in [2.75, 3.05) is 6.67 Å². The van der Waals surface area contributed by atoms with Gasteiger partial charge < -0.3 is 9.73 Å². The van der Waals surface area contributed by atoms with Crippen LogP contribution in [0.4, 0.5) is 4.79 Å². The molecule has 166 valence electrons. The normalized spacial score (nSPS) is 23.9. The van der Waals surface area contributed by atoms with Gasteiger partial charge in [0.25, 0.3) is 5.91 Å². The van der Waals surface area contributed by atoms with E-state index in [1.54, 1.807) is 12.1 Å². The second-order valence-electron chi connectivity index (χ2n) is 8.92. The number of benzene rings is 1. The predicted molar refractivity (Wildman–Crippen MR) is 116 cm³/mol. The second-order valence-corrected chi connectivity index (χ2v) is 9.35. The van der Waals surface area contributed by atoms with Gasteiger partial charge in [-0.05, 0) is 69.7 Å². The highest BCUT2D eigenvalue weighted by atomic mass is 35.5. The van der Waals surface area contributed by atoms with E-state index < -0.39 is 5.54 Å². The number of carbonyl (C=O) groups is 2. The van der Waals surface area contributed by atoms with Crippen molar-refractivity contribution in [2.24, 2.45) is 5.92 Å². The maximum atomic E-state index is 13.2. The van der Waals surface area contributed by atoms with Gasteiger partial charge in [0.1, 0.15) is 5.54 Å². The lowest BCUT2D eigenvalue weighted by atomic mass is 9.77. The van der Waals surface area contributed by atoms with Crippen LogP contribution in [0.5, 0.6) is 0 Å². The van der Waals surface area contributed by atoms with Gasteiger partial charge in [-0.1, -0.05) is 18.5 Å². The summed E-state index contributed by atoms with van der Waals surface area (Å²) in [6.45, 7) is 6.71. The van der Waals surface area contributed by atoms with Crippen molar-refractivity contribution < 1.29 is 14.0 Å². The Morgan fingerprint density at radius 2 is 1.90 bits per heavy atom. The molecule has 1 aliphatic heterocycles. The van der Waals surface area contributed by atoms with E-state index in [4.69, 9.17) is 16.0 Å². The number of rotatable bonds is 6. The molecule has 0 unspecified atom stereocenters. The van der Waals surface area contributed by atoms with Gasteiger partial charge in [0, 0.05) is 16.6 Å². The minimum atomic E-state index is -0.738. The Morgan fingerprint density at radius 3 is 2.55 bits per heavy atom. The minimum absolute atomic E-state index is 0.0643. The highest BCUT2D eigenvalue weighted by molar-refractivity contribution is 6.30. The lowest BCUT2D eigenvalue weighted by Gasteiger charge is -2.34. The average molecular weight is 446 g/mol. The Bertz CT molecular complexity index is 950. The van der Waals surface area contributed by atoms with Crippen LogP contribution >= 0.6 is 11.6 Å². The summed E-state index contributed by atoms with van der Waals surface area (Å²) >= 11 is 5.94. The molecule has 1 aliphatic carbocycles. The summed E-state index contributed by atoms with van der Waals surface area (Å²) in [6.07, 6.45) is 3.29. The molecule has 1 spiro atoms. The van der Waals surface area contributed by atoms with Crippen molar-refractivity contribution in [2.45, 2.75) is 64.6 Å². The van der Waals surface area contributed by atoms with Gasteiger partial charge in [0.05, 0.1) is 13.2 Å². The Labute approximate surface area is 186 Å². The monoisotopic (exact) mass is 445 g/mol.